The third-order valence-corrected chi connectivity index (χ3v) is 4.39. The third-order valence-electron chi connectivity index (χ3n) is 4.39. The summed E-state index contributed by atoms with van der Waals surface area (Å²) in [6.45, 7) is 4.91. The van der Waals surface area contributed by atoms with Gasteiger partial charge in [-0.15, -0.1) is 0 Å². The first-order chi connectivity index (χ1) is 12.5. The molecule has 2 aromatic carbocycles. The summed E-state index contributed by atoms with van der Waals surface area (Å²) in [6.07, 6.45) is 2.00. The molecule has 26 heavy (non-hydrogen) atoms. The van der Waals surface area contributed by atoms with E-state index in [2.05, 4.69) is 34.3 Å². The summed E-state index contributed by atoms with van der Waals surface area (Å²) < 4.78 is 15.7. The van der Waals surface area contributed by atoms with E-state index in [0.717, 1.165) is 12.2 Å². The van der Waals surface area contributed by atoms with Gasteiger partial charge in [0.15, 0.2) is 0 Å². The summed E-state index contributed by atoms with van der Waals surface area (Å²) in [5.74, 6) is -0.338. The fourth-order valence-corrected chi connectivity index (χ4v) is 2.75. The Morgan fingerprint density at radius 1 is 1.04 bits per heavy atom. The number of anilines is 1. The van der Waals surface area contributed by atoms with Crippen molar-refractivity contribution >= 4 is 11.7 Å². The predicted molar refractivity (Wildman–Crippen MR) is 102 cm³/mol. The van der Waals surface area contributed by atoms with Gasteiger partial charge in [-0.3, -0.25) is 0 Å². The number of nitrogens with zero attached hydrogens (tertiary/aromatic N) is 1. The number of benzene rings is 2. The zero-order chi connectivity index (χ0) is 18.5. The lowest BCUT2D eigenvalue weighted by molar-refractivity contribution is 0.251. The highest BCUT2D eigenvalue weighted by atomic mass is 19.1. The first-order valence-corrected chi connectivity index (χ1v) is 8.52. The van der Waals surface area contributed by atoms with Gasteiger partial charge in [-0.05, 0) is 54.8 Å². The Morgan fingerprint density at radius 3 is 2.62 bits per heavy atom. The molecule has 0 aliphatic carbocycles. The lowest BCUT2D eigenvalue weighted by Gasteiger charge is -2.13. The number of carbonyl (C=O) groups is 1. The highest BCUT2D eigenvalue weighted by Gasteiger charge is 2.07. The molecule has 0 spiro atoms. The Labute approximate surface area is 152 Å². The highest BCUT2D eigenvalue weighted by molar-refractivity contribution is 5.89. The number of aryl methyl sites for hydroxylation is 2. The summed E-state index contributed by atoms with van der Waals surface area (Å²) in [6, 6.07) is 16.4. The van der Waals surface area contributed by atoms with Crippen LogP contribution in [-0.4, -0.2) is 10.6 Å². The number of hydrogen-bond donors (Lipinski definition) is 2. The monoisotopic (exact) mass is 351 g/mol. The molecule has 0 aliphatic heterocycles. The normalized spacial score (nSPS) is 10.6. The molecular formula is C21H22FN3O. The third kappa shape index (κ3) is 4.30. The number of rotatable bonds is 5. The summed E-state index contributed by atoms with van der Waals surface area (Å²) >= 11 is 0. The minimum absolute atomic E-state index is 0.338. The molecule has 0 saturated heterocycles. The lowest BCUT2D eigenvalue weighted by Crippen LogP contribution is -2.29. The molecule has 0 bridgehead atoms. The quantitative estimate of drug-likeness (QED) is 0.692. The van der Waals surface area contributed by atoms with Crippen LogP contribution >= 0.6 is 0 Å². The number of amides is 2. The van der Waals surface area contributed by atoms with Crippen molar-refractivity contribution in [3.05, 3.63) is 89.0 Å². The van der Waals surface area contributed by atoms with Crippen molar-refractivity contribution in [3.8, 4) is 0 Å². The maximum absolute atomic E-state index is 13.6. The summed E-state index contributed by atoms with van der Waals surface area (Å²) in [5.41, 5.74) is 4.45. The number of halogens is 1. The van der Waals surface area contributed by atoms with Gasteiger partial charge in [0, 0.05) is 24.1 Å². The minimum atomic E-state index is -0.364. The van der Waals surface area contributed by atoms with Crippen LogP contribution < -0.4 is 10.6 Å². The molecule has 134 valence electrons. The lowest BCUT2D eigenvalue weighted by atomic mass is 10.1. The fraction of sp³-hybridized carbons (Fsp3) is 0.190. The van der Waals surface area contributed by atoms with Gasteiger partial charge in [-0.25, -0.2) is 9.18 Å². The van der Waals surface area contributed by atoms with Crippen LogP contribution in [0.25, 0.3) is 0 Å². The zero-order valence-corrected chi connectivity index (χ0v) is 14.9. The largest absolute Gasteiger partial charge is 0.345 e. The van der Waals surface area contributed by atoms with Gasteiger partial charge in [0.05, 0.1) is 6.54 Å². The van der Waals surface area contributed by atoms with E-state index in [4.69, 9.17) is 0 Å². The predicted octanol–water partition coefficient (Wildman–Crippen LogP) is 4.61. The van der Waals surface area contributed by atoms with Gasteiger partial charge in [0.25, 0.3) is 0 Å². The molecule has 4 nitrogen and oxygen atoms in total. The SMILES string of the molecule is Cc1ccc(NC(=O)NCc2cccn2Cc2ccccc2C)cc1F. The average molecular weight is 351 g/mol. The zero-order valence-electron chi connectivity index (χ0n) is 14.9. The molecule has 3 rings (SSSR count). The van der Waals surface area contributed by atoms with Gasteiger partial charge in [0.1, 0.15) is 5.82 Å². The maximum atomic E-state index is 13.6. The Hall–Kier alpha value is -3.08. The Morgan fingerprint density at radius 2 is 1.85 bits per heavy atom. The van der Waals surface area contributed by atoms with Crippen LogP contribution in [0.2, 0.25) is 0 Å². The van der Waals surface area contributed by atoms with Crippen LogP contribution in [0.15, 0.2) is 60.8 Å². The van der Waals surface area contributed by atoms with Gasteiger partial charge in [-0.2, -0.15) is 0 Å². The topological polar surface area (TPSA) is 46.1 Å². The van der Waals surface area contributed by atoms with Crippen molar-refractivity contribution in [2.45, 2.75) is 26.9 Å². The summed E-state index contributed by atoms with van der Waals surface area (Å²) in [5, 5.41) is 5.47. The highest BCUT2D eigenvalue weighted by Crippen LogP contribution is 2.14. The summed E-state index contributed by atoms with van der Waals surface area (Å²) in [7, 11) is 0. The molecule has 3 aromatic rings. The second-order valence-corrected chi connectivity index (χ2v) is 6.33. The van der Waals surface area contributed by atoms with Crippen molar-refractivity contribution in [2.24, 2.45) is 0 Å². The summed E-state index contributed by atoms with van der Waals surface area (Å²) in [4.78, 5) is 12.1. The van der Waals surface area contributed by atoms with Crippen LogP contribution in [0.4, 0.5) is 14.9 Å². The second kappa shape index (κ2) is 7.87. The van der Waals surface area contributed by atoms with E-state index in [-0.39, 0.29) is 11.8 Å². The van der Waals surface area contributed by atoms with Gasteiger partial charge < -0.3 is 15.2 Å². The van der Waals surface area contributed by atoms with E-state index in [1.54, 1.807) is 19.1 Å². The molecule has 2 N–H and O–H groups in total. The Balaban J connectivity index is 1.60. The van der Waals surface area contributed by atoms with Crippen molar-refractivity contribution < 1.29 is 9.18 Å². The van der Waals surface area contributed by atoms with E-state index in [1.807, 2.05) is 30.5 Å². The first-order valence-electron chi connectivity index (χ1n) is 8.52. The van der Waals surface area contributed by atoms with E-state index >= 15 is 0 Å². The van der Waals surface area contributed by atoms with Crippen LogP contribution in [0.1, 0.15) is 22.4 Å². The van der Waals surface area contributed by atoms with Crippen LogP contribution in [0, 0.1) is 19.7 Å². The van der Waals surface area contributed by atoms with Crippen molar-refractivity contribution in [2.75, 3.05) is 5.32 Å². The first kappa shape index (κ1) is 17.7. The molecule has 0 aliphatic rings. The average Bonchev–Trinajstić information content (AvgIpc) is 3.05. The Bertz CT molecular complexity index is 917. The van der Waals surface area contributed by atoms with Crippen molar-refractivity contribution in [1.82, 2.24) is 9.88 Å². The van der Waals surface area contributed by atoms with Crippen LogP contribution in [0.5, 0.6) is 0 Å². The second-order valence-electron chi connectivity index (χ2n) is 6.33. The Kier molecular flexibility index (Phi) is 5.37. The van der Waals surface area contributed by atoms with E-state index < -0.39 is 0 Å². The molecule has 0 unspecified atom stereocenters. The molecule has 0 fully saturated rings. The molecule has 1 aromatic heterocycles. The smallest absolute Gasteiger partial charge is 0.319 e. The number of urea groups is 1. The molecule has 0 radical (unpaired) electrons. The molecular weight excluding hydrogens is 329 g/mol. The molecule has 2 amide bonds. The minimum Gasteiger partial charge on any atom is -0.345 e. The van der Waals surface area contributed by atoms with Gasteiger partial charge >= 0.3 is 6.03 Å². The van der Waals surface area contributed by atoms with Gasteiger partial charge in [-0.1, -0.05) is 30.3 Å². The van der Waals surface area contributed by atoms with Crippen molar-refractivity contribution in [1.29, 1.82) is 0 Å². The van der Waals surface area contributed by atoms with E-state index in [0.29, 0.717) is 17.8 Å². The molecule has 0 saturated carbocycles. The molecule has 5 heteroatoms. The van der Waals surface area contributed by atoms with E-state index in [9.17, 15) is 9.18 Å². The molecule has 1 heterocycles. The number of carbonyl (C=O) groups excluding carboxylic acids is 1. The number of hydrogen-bond acceptors (Lipinski definition) is 1. The standard InChI is InChI=1S/C21H22FN3O/c1-15-6-3-4-7-17(15)14-25-11-5-8-19(25)13-23-21(26)24-18-10-9-16(2)20(22)12-18/h3-12H,13-14H2,1-2H3,(H2,23,24,26). The molecule has 0 atom stereocenters. The van der Waals surface area contributed by atoms with Gasteiger partial charge in [0.2, 0.25) is 0 Å². The van der Waals surface area contributed by atoms with E-state index in [1.165, 1.54) is 17.2 Å². The fourth-order valence-electron chi connectivity index (χ4n) is 2.75. The van der Waals surface area contributed by atoms with Crippen LogP contribution in [-0.2, 0) is 13.1 Å². The maximum Gasteiger partial charge on any atom is 0.319 e. The van der Waals surface area contributed by atoms with Crippen LogP contribution in [0.3, 0.4) is 0 Å². The number of aromatic nitrogens is 1. The van der Waals surface area contributed by atoms with Crippen molar-refractivity contribution in [3.63, 3.8) is 0 Å². The number of nitrogens with one attached hydrogen (secondary N) is 2.